The van der Waals surface area contributed by atoms with Gasteiger partial charge in [-0.25, -0.2) is 4.79 Å². The van der Waals surface area contributed by atoms with Gasteiger partial charge in [-0.1, -0.05) is 32.9 Å². The standard InChI is InChI=1S/C21H30N2O4/c1-21(2,3)19-16(6-9-23(19)20(24)25)5-4-15-12-18(14-22-13-15)27-17-7-10-26-11-8-17/h4-5,12-14,16-17,19H,6-11H2,1-3H3,(H,24,25)/t16?,19-/m1/s1. The SMILES string of the molecule is CC(C)(C)[C@H]1C(C=Cc2cncc(OC3CCOCC3)c2)CCN1C(=O)O. The zero-order chi connectivity index (χ0) is 19.4. The van der Waals surface area contributed by atoms with Crippen molar-refractivity contribution in [3.63, 3.8) is 0 Å². The Morgan fingerprint density at radius 3 is 2.70 bits per heavy atom. The van der Waals surface area contributed by atoms with Crippen LogP contribution in [-0.2, 0) is 4.74 Å². The van der Waals surface area contributed by atoms with Gasteiger partial charge in [0.1, 0.15) is 11.9 Å². The fraction of sp³-hybridized carbons (Fsp3) is 0.619. The molecule has 1 aromatic rings. The van der Waals surface area contributed by atoms with E-state index in [0.29, 0.717) is 6.54 Å². The second-order valence-corrected chi connectivity index (χ2v) is 8.48. The van der Waals surface area contributed by atoms with Crippen LogP contribution in [0.4, 0.5) is 4.79 Å². The zero-order valence-electron chi connectivity index (χ0n) is 16.4. The predicted molar refractivity (Wildman–Crippen MR) is 104 cm³/mol. The Bertz CT molecular complexity index is 677. The van der Waals surface area contributed by atoms with E-state index in [-0.39, 0.29) is 23.5 Å². The summed E-state index contributed by atoms with van der Waals surface area (Å²) in [6.07, 6.45) is 9.73. The molecule has 3 heterocycles. The van der Waals surface area contributed by atoms with Gasteiger partial charge in [0.15, 0.2) is 0 Å². The highest BCUT2D eigenvalue weighted by Crippen LogP contribution is 2.38. The first-order chi connectivity index (χ1) is 12.8. The quantitative estimate of drug-likeness (QED) is 0.860. The van der Waals surface area contributed by atoms with E-state index < -0.39 is 6.09 Å². The maximum absolute atomic E-state index is 11.6. The summed E-state index contributed by atoms with van der Waals surface area (Å²) in [7, 11) is 0. The molecular weight excluding hydrogens is 344 g/mol. The van der Waals surface area contributed by atoms with Gasteiger partial charge in [-0.15, -0.1) is 0 Å². The number of likely N-dealkylation sites (tertiary alicyclic amines) is 1. The van der Waals surface area contributed by atoms with E-state index in [0.717, 1.165) is 43.8 Å². The number of carboxylic acid groups (broad SMARTS) is 1. The molecule has 0 saturated carbocycles. The number of amides is 1. The summed E-state index contributed by atoms with van der Waals surface area (Å²) in [4.78, 5) is 17.5. The summed E-state index contributed by atoms with van der Waals surface area (Å²) in [5.41, 5.74) is 0.858. The highest BCUT2D eigenvalue weighted by atomic mass is 16.5. The van der Waals surface area contributed by atoms with Crippen molar-refractivity contribution in [1.29, 1.82) is 0 Å². The zero-order valence-corrected chi connectivity index (χ0v) is 16.4. The van der Waals surface area contributed by atoms with E-state index in [1.807, 2.05) is 18.3 Å². The van der Waals surface area contributed by atoms with Crippen LogP contribution in [0.5, 0.6) is 5.75 Å². The molecule has 2 atom stereocenters. The van der Waals surface area contributed by atoms with Crippen molar-refractivity contribution < 1.29 is 19.4 Å². The molecule has 6 heteroatoms. The number of hydrogen-bond acceptors (Lipinski definition) is 4. The average molecular weight is 374 g/mol. The Labute approximate surface area is 161 Å². The first-order valence-corrected chi connectivity index (χ1v) is 9.72. The molecule has 6 nitrogen and oxygen atoms in total. The number of pyridine rings is 1. The van der Waals surface area contributed by atoms with Crippen LogP contribution in [0.25, 0.3) is 6.08 Å². The largest absolute Gasteiger partial charge is 0.489 e. The molecule has 2 aliphatic heterocycles. The van der Waals surface area contributed by atoms with Crippen LogP contribution >= 0.6 is 0 Å². The van der Waals surface area contributed by atoms with Crippen molar-refractivity contribution in [2.75, 3.05) is 19.8 Å². The summed E-state index contributed by atoms with van der Waals surface area (Å²) in [6.45, 7) is 8.37. The van der Waals surface area contributed by atoms with E-state index in [9.17, 15) is 9.90 Å². The molecule has 0 aliphatic carbocycles. The van der Waals surface area contributed by atoms with Crippen molar-refractivity contribution in [3.8, 4) is 5.75 Å². The van der Waals surface area contributed by atoms with Crippen LogP contribution in [-0.4, -0.2) is 53.0 Å². The minimum Gasteiger partial charge on any atom is -0.489 e. The molecule has 0 spiro atoms. The van der Waals surface area contributed by atoms with Crippen molar-refractivity contribution in [1.82, 2.24) is 9.88 Å². The molecule has 0 radical (unpaired) electrons. The highest BCUT2D eigenvalue weighted by Gasteiger charge is 2.42. The first kappa shape index (κ1) is 19.7. The number of rotatable bonds is 4. The van der Waals surface area contributed by atoms with Crippen LogP contribution in [0.2, 0.25) is 0 Å². The molecule has 1 unspecified atom stereocenters. The third kappa shape index (κ3) is 5.01. The minimum absolute atomic E-state index is 0.0270. The summed E-state index contributed by atoms with van der Waals surface area (Å²) in [5.74, 6) is 0.969. The number of aromatic nitrogens is 1. The van der Waals surface area contributed by atoms with Crippen molar-refractivity contribution in [2.45, 2.75) is 52.2 Å². The van der Waals surface area contributed by atoms with E-state index >= 15 is 0 Å². The second kappa shape index (κ2) is 8.30. The lowest BCUT2D eigenvalue weighted by atomic mass is 9.79. The van der Waals surface area contributed by atoms with E-state index in [1.54, 1.807) is 11.1 Å². The lowest BCUT2D eigenvalue weighted by Crippen LogP contribution is -2.45. The second-order valence-electron chi connectivity index (χ2n) is 8.48. The van der Waals surface area contributed by atoms with E-state index in [1.165, 1.54) is 0 Å². The summed E-state index contributed by atoms with van der Waals surface area (Å²) in [5, 5.41) is 9.51. The molecule has 1 amide bonds. The first-order valence-electron chi connectivity index (χ1n) is 9.72. The fourth-order valence-electron chi connectivity index (χ4n) is 4.15. The molecule has 1 aromatic heterocycles. The Kier molecular flexibility index (Phi) is 6.05. The Hall–Kier alpha value is -2.08. The van der Waals surface area contributed by atoms with Gasteiger partial charge in [-0.05, 0) is 29.4 Å². The molecular formula is C21H30N2O4. The number of carbonyl (C=O) groups is 1. The topological polar surface area (TPSA) is 71.9 Å². The Morgan fingerprint density at radius 1 is 1.30 bits per heavy atom. The van der Waals surface area contributed by atoms with Crippen LogP contribution in [0.1, 0.15) is 45.6 Å². The monoisotopic (exact) mass is 374 g/mol. The molecule has 27 heavy (non-hydrogen) atoms. The van der Waals surface area contributed by atoms with Gasteiger partial charge in [-0.3, -0.25) is 4.98 Å². The molecule has 2 fully saturated rings. The molecule has 3 rings (SSSR count). The third-order valence-corrected chi connectivity index (χ3v) is 5.32. The van der Waals surface area contributed by atoms with Gasteiger partial charge < -0.3 is 19.5 Å². The summed E-state index contributed by atoms with van der Waals surface area (Å²) in [6, 6.07) is 1.97. The van der Waals surface area contributed by atoms with Crippen molar-refractivity contribution in [3.05, 3.63) is 30.1 Å². The molecule has 1 N–H and O–H groups in total. The van der Waals surface area contributed by atoms with Gasteiger partial charge >= 0.3 is 6.09 Å². The van der Waals surface area contributed by atoms with Gasteiger partial charge in [0.05, 0.1) is 19.4 Å². The number of hydrogen-bond donors (Lipinski definition) is 1. The average Bonchev–Trinajstić information content (AvgIpc) is 3.06. The molecule has 0 aromatic carbocycles. The predicted octanol–water partition coefficient (Wildman–Crippen LogP) is 4.07. The van der Waals surface area contributed by atoms with Crippen LogP contribution < -0.4 is 4.74 Å². The molecule has 2 saturated heterocycles. The lowest BCUT2D eigenvalue weighted by Gasteiger charge is -2.36. The third-order valence-electron chi connectivity index (χ3n) is 5.32. The molecule has 148 valence electrons. The minimum atomic E-state index is -0.834. The summed E-state index contributed by atoms with van der Waals surface area (Å²) >= 11 is 0. The van der Waals surface area contributed by atoms with Crippen LogP contribution in [0, 0.1) is 11.3 Å². The smallest absolute Gasteiger partial charge is 0.407 e. The van der Waals surface area contributed by atoms with Gasteiger partial charge in [-0.2, -0.15) is 0 Å². The van der Waals surface area contributed by atoms with E-state index in [2.05, 4.69) is 31.8 Å². The highest BCUT2D eigenvalue weighted by molar-refractivity contribution is 5.66. The van der Waals surface area contributed by atoms with Crippen molar-refractivity contribution >= 4 is 12.2 Å². The Balaban J connectivity index is 1.69. The van der Waals surface area contributed by atoms with Gasteiger partial charge in [0, 0.05) is 31.6 Å². The van der Waals surface area contributed by atoms with Crippen LogP contribution in [0.3, 0.4) is 0 Å². The normalized spacial score (nSPS) is 24.5. The maximum atomic E-state index is 11.6. The van der Waals surface area contributed by atoms with Gasteiger partial charge in [0.2, 0.25) is 0 Å². The number of nitrogens with zero attached hydrogens (tertiary/aromatic N) is 2. The van der Waals surface area contributed by atoms with E-state index in [4.69, 9.17) is 9.47 Å². The molecule has 2 aliphatic rings. The molecule has 0 bridgehead atoms. The Morgan fingerprint density at radius 2 is 2.04 bits per heavy atom. The maximum Gasteiger partial charge on any atom is 0.407 e. The lowest BCUT2D eigenvalue weighted by molar-refractivity contribution is 0.0254. The van der Waals surface area contributed by atoms with Crippen LogP contribution in [0.15, 0.2) is 24.5 Å². The number of ether oxygens (including phenoxy) is 2. The van der Waals surface area contributed by atoms with Crippen molar-refractivity contribution in [2.24, 2.45) is 11.3 Å². The summed E-state index contributed by atoms with van der Waals surface area (Å²) < 4.78 is 11.4. The fourth-order valence-corrected chi connectivity index (χ4v) is 4.15. The van der Waals surface area contributed by atoms with Gasteiger partial charge in [0.25, 0.3) is 0 Å².